The first-order valence-electron chi connectivity index (χ1n) is 11.8. The molecule has 0 spiro atoms. The Bertz CT molecular complexity index is 1220. The normalized spacial score (nSPS) is 18.5. The number of carbonyl (C=O) groups excluding carboxylic acids is 1. The number of benzene rings is 1. The highest BCUT2D eigenvalue weighted by molar-refractivity contribution is 5.79. The molecular formula is C25H29F2N7O. The van der Waals surface area contributed by atoms with Crippen molar-refractivity contribution in [1.29, 1.82) is 0 Å². The molecule has 10 heteroatoms. The molecule has 1 saturated heterocycles. The van der Waals surface area contributed by atoms with Gasteiger partial charge in [-0.2, -0.15) is 5.10 Å². The van der Waals surface area contributed by atoms with Crippen LogP contribution in [0.15, 0.2) is 42.9 Å². The third-order valence-corrected chi connectivity index (χ3v) is 6.70. The van der Waals surface area contributed by atoms with Gasteiger partial charge in [0.2, 0.25) is 17.8 Å². The highest BCUT2D eigenvalue weighted by Gasteiger charge is 2.45. The zero-order valence-electron chi connectivity index (χ0n) is 19.9. The number of hydrogen-bond acceptors (Lipinski definition) is 6. The summed E-state index contributed by atoms with van der Waals surface area (Å²) in [4.78, 5) is 25.5. The van der Waals surface area contributed by atoms with E-state index in [9.17, 15) is 13.6 Å². The van der Waals surface area contributed by atoms with Gasteiger partial charge in [-0.05, 0) is 36.1 Å². The molecule has 2 aromatic heterocycles. The molecule has 184 valence electrons. The lowest BCUT2D eigenvalue weighted by atomic mass is 9.81. The number of rotatable bonds is 7. The number of piperazine rings is 1. The van der Waals surface area contributed by atoms with Gasteiger partial charge in [0.15, 0.2) is 0 Å². The van der Waals surface area contributed by atoms with Crippen molar-refractivity contribution in [3.63, 3.8) is 0 Å². The number of nitrogens with zero attached hydrogens (tertiary/aromatic N) is 6. The summed E-state index contributed by atoms with van der Waals surface area (Å²) >= 11 is 0. The SMILES string of the molecule is Cc1cc(-c2ccnc(Nc3cnn(C)c3)n2)ccc1CN1CCN(CC2CC(F)(F)C2)CC1=O. The number of anilines is 2. The molecule has 2 fully saturated rings. The van der Waals surface area contributed by atoms with Crippen LogP contribution in [0.25, 0.3) is 11.3 Å². The van der Waals surface area contributed by atoms with Gasteiger partial charge < -0.3 is 10.2 Å². The number of hydrogen-bond donors (Lipinski definition) is 1. The van der Waals surface area contributed by atoms with Gasteiger partial charge in [0.05, 0.1) is 24.1 Å². The number of halogens is 2. The van der Waals surface area contributed by atoms with Crippen molar-refractivity contribution in [3.8, 4) is 11.3 Å². The summed E-state index contributed by atoms with van der Waals surface area (Å²) in [7, 11) is 1.85. The number of alkyl halides is 2. The third-order valence-electron chi connectivity index (χ3n) is 6.70. The van der Waals surface area contributed by atoms with Crippen LogP contribution in [-0.4, -0.2) is 67.6 Å². The lowest BCUT2D eigenvalue weighted by molar-refractivity contribution is -0.140. The maximum Gasteiger partial charge on any atom is 0.248 e. The Labute approximate surface area is 203 Å². The average Bonchev–Trinajstić information content (AvgIpc) is 3.20. The lowest BCUT2D eigenvalue weighted by Gasteiger charge is -2.41. The molecule has 1 aliphatic carbocycles. The Kier molecular flexibility index (Phi) is 6.22. The summed E-state index contributed by atoms with van der Waals surface area (Å²) in [5.41, 5.74) is 4.74. The standard InChI is InChI=1S/C25H29F2N7O/c1-17-9-19(22-5-6-28-24(31-22)30-21-12-29-32(2)15-21)3-4-20(17)14-34-8-7-33(16-23(34)35)13-18-10-25(26,27)11-18/h3-6,9,12,15,18H,7-8,10-11,13-14,16H2,1-2H3,(H,28,30,31). The van der Waals surface area contributed by atoms with E-state index in [1.807, 2.05) is 48.2 Å². The Balaban J connectivity index is 1.20. The topological polar surface area (TPSA) is 79.2 Å². The lowest BCUT2D eigenvalue weighted by Crippen LogP contribution is -2.52. The summed E-state index contributed by atoms with van der Waals surface area (Å²) < 4.78 is 27.9. The fraction of sp³-hybridized carbons (Fsp3) is 0.440. The van der Waals surface area contributed by atoms with E-state index in [1.54, 1.807) is 17.1 Å². The molecule has 0 radical (unpaired) electrons. The first-order chi connectivity index (χ1) is 16.7. The Morgan fingerprint density at radius 2 is 2.03 bits per heavy atom. The number of aryl methyl sites for hydroxylation is 2. The van der Waals surface area contributed by atoms with Gasteiger partial charge in [0.1, 0.15) is 0 Å². The fourth-order valence-electron chi connectivity index (χ4n) is 4.79. The van der Waals surface area contributed by atoms with Crippen LogP contribution in [0.3, 0.4) is 0 Å². The van der Waals surface area contributed by atoms with Crippen LogP contribution < -0.4 is 5.32 Å². The van der Waals surface area contributed by atoms with Crippen molar-refractivity contribution in [3.05, 3.63) is 54.0 Å². The molecule has 8 nitrogen and oxygen atoms in total. The van der Waals surface area contributed by atoms with Gasteiger partial charge in [-0.1, -0.05) is 12.1 Å². The summed E-state index contributed by atoms with van der Waals surface area (Å²) in [6.45, 7) is 4.79. The number of carbonyl (C=O) groups is 1. The van der Waals surface area contributed by atoms with Gasteiger partial charge in [0, 0.05) is 64.0 Å². The Morgan fingerprint density at radius 1 is 1.20 bits per heavy atom. The van der Waals surface area contributed by atoms with Crippen molar-refractivity contribution in [2.45, 2.75) is 32.2 Å². The summed E-state index contributed by atoms with van der Waals surface area (Å²) in [6, 6.07) is 7.99. The van der Waals surface area contributed by atoms with E-state index in [0.717, 1.165) is 34.6 Å². The van der Waals surface area contributed by atoms with Crippen LogP contribution in [0.1, 0.15) is 24.0 Å². The molecule has 1 aliphatic heterocycles. The summed E-state index contributed by atoms with van der Waals surface area (Å²) in [5, 5.41) is 7.29. The van der Waals surface area contributed by atoms with Gasteiger partial charge in [0.25, 0.3) is 0 Å². The van der Waals surface area contributed by atoms with E-state index in [2.05, 4.69) is 26.4 Å². The molecule has 3 heterocycles. The molecule has 1 N–H and O–H groups in total. The van der Waals surface area contributed by atoms with Crippen molar-refractivity contribution >= 4 is 17.5 Å². The molecule has 2 aliphatic rings. The van der Waals surface area contributed by atoms with Crippen molar-refractivity contribution in [1.82, 2.24) is 29.5 Å². The summed E-state index contributed by atoms with van der Waals surface area (Å²) in [5.74, 6) is -1.97. The Hall–Kier alpha value is -3.40. The fourth-order valence-corrected chi connectivity index (χ4v) is 4.79. The first kappa shape index (κ1) is 23.3. The quantitative estimate of drug-likeness (QED) is 0.555. The molecule has 0 bridgehead atoms. The van der Waals surface area contributed by atoms with Crippen LogP contribution >= 0.6 is 0 Å². The van der Waals surface area contributed by atoms with Crippen molar-refractivity contribution in [2.24, 2.45) is 13.0 Å². The van der Waals surface area contributed by atoms with Crippen LogP contribution in [-0.2, 0) is 18.4 Å². The second-order valence-corrected chi connectivity index (χ2v) is 9.62. The van der Waals surface area contributed by atoms with Gasteiger partial charge in [-0.3, -0.25) is 14.4 Å². The average molecular weight is 482 g/mol. The van der Waals surface area contributed by atoms with Crippen molar-refractivity contribution in [2.75, 3.05) is 31.5 Å². The van der Waals surface area contributed by atoms with E-state index in [1.165, 1.54) is 0 Å². The minimum absolute atomic E-state index is 0.000936. The number of amides is 1. The smallest absolute Gasteiger partial charge is 0.248 e. The van der Waals surface area contributed by atoms with Crippen LogP contribution in [0, 0.1) is 12.8 Å². The van der Waals surface area contributed by atoms with Crippen LogP contribution in [0.2, 0.25) is 0 Å². The van der Waals surface area contributed by atoms with E-state index in [4.69, 9.17) is 0 Å². The van der Waals surface area contributed by atoms with E-state index in [-0.39, 0.29) is 24.7 Å². The molecule has 1 saturated carbocycles. The van der Waals surface area contributed by atoms with Gasteiger partial charge >= 0.3 is 0 Å². The van der Waals surface area contributed by atoms with E-state index < -0.39 is 5.92 Å². The van der Waals surface area contributed by atoms with Gasteiger partial charge in [-0.25, -0.2) is 18.7 Å². The second-order valence-electron chi connectivity index (χ2n) is 9.62. The number of nitrogens with one attached hydrogen (secondary N) is 1. The zero-order chi connectivity index (χ0) is 24.6. The predicted octanol–water partition coefficient (Wildman–Crippen LogP) is 3.62. The maximum absolute atomic E-state index is 13.1. The molecule has 35 heavy (non-hydrogen) atoms. The number of aromatic nitrogens is 4. The molecule has 0 atom stereocenters. The maximum atomic E-state index is 13.1. The van der Waals surface area contributed by atoms with Crippen LogP contribution in [0.4, 0.5) is 20.4 Å². The largest absolute Gasteiger partial charge is 0.336 e. The second kappa shape index (κ2) is 9.33. The van der Waals surface area contributed by atoms with Crippen LogP contribution in [0.5, 0.6) is 0 Å². The van der Waals surface area contributed by atoms with Gasteiger partial charge in [-0.15, -0.1) is 0 Å². The van der Waals surface area contributed by atoms with E-state index in [0.29, 0.717) is 32.1 Å². The minimum Gasteiger partial charge on any atom is -0.336 e. The molecule has 1 amide bonds. The Morgan fingerprint density at radius 3 is 2.71 bits per heavy atom. The molecular weight excluding hydrogens is 452 g/mol. The monoisotopic (exact) mass is 481 g/mol. The third kappa shape index (κ3) is 5.48. The minimum atomic E-state index is -2.51. The highest BCUT2D eigenvalue weighted by atomic mass is 19.3. The summed E-state index contributed by atoms with van der Waals surface area (Å²) in [6.07, 6.45) is 5.16. The molecule has 1 aromatic carbocycles. The zero-order valence-corrected chi connectivity index (χ0v) is 19.9. The molecule has 3 aromatic rings. The van der Waals surface area contributed by atoms with E-state index >= 15 is 0 Å². The highest BCUT2D eigenvalue weighted by Crippen LogP contribution is 2.42. The molecule has 5 rings (SSSR count). The first-order valence-corrected chi connectivity index (χ1v) is 11.8. The van der Waals surface area contributed by atoms with Crippen molar-refractivity contribution < 1.29 is 13.6 Å². The molecule has 0 unspecified atom stereocenters. The predicted molar refractivity (Wildman–Crippen MR) is 128 cm³/mol.